The maximum Gasteiger partial charge on any atom is 0.263 e. The predicted molar refractivity (Wildman–Crippen MR) is 135 cm³/mol. The van der Waals surface area contributed by atoms with Crippen LogP contribution in [0.4, 0.5) is 16.0 Å². The van der Waals surface area contributed by atoms with Crippen LogP contribution >= 0.6 is 11.6 Å². The molecule has 1 atom stereocenters. The molecule has 0 aromatic carbocycles. The maximum atomic E-state index is 14.6. The van der Waals surface area contributed by atoms with Gasteiger partial charge in [0, 0.05) is 24.7 Å². The number of aliphatic hydroxyl groups is 1. The van der Waals surface area contributed by atoms with Gasteiger partial charge in [-0.15, -0.1) is 0 Å². The van der Waals surface area contributed by atoms with Crippen molar-refractivity contribution in [3.05, 3.63) is 83.3 Å². The second-order valence-electron chi connectivity index (χ2n) is 9.23. The van der Waals surface area contributed by atoms with Crippen molar-refractivity contribution in [3.8, 4) is 0 Å². The topological polar surface area (TPSA) is 122 Å². The van der Waals surface area contributed by atoms with E-state index in [4.69, 9.17) is 11.6 Å². The van der Waals surface area contributed by atoms with E-state index in [9.17, 15) is 14.3 Å². The molecule has 0 spiro atoms. The summed E-state index contributed by atoms with van der Waals surface area (Å²) < 4.78 is 18.0. The minimum Gasteiger partial charge on any atom is -0.374 e. The van der Waals surface area contributed by atoms with E-state index < -0.39 is 17.3 Å². The van der Waals surface area contributed by atoms with Crippen LogP contribution in [0.3, 0.4) is 0 Å². The smallest absolute Gasteiger partial charge is 0.263 e. The molecule has 1 saturated carbocycles. The number of hydrogen-bond acceptors (Lipinski definition) is 7. The molecule has 1 aliphatic rings. The Hall–Kier alpha value is -4.09. The molecule has 10 nitrogen and oxygen atoms in total. The van der Waals surface area contributed by atoms with Gasteiger partial charge in [0.25, 0.3) is 5.91 Å². The van der Waals surface area contributed by atoms with E-state index in [1.165, 1.54) is 60.7 Å². The molecule has 1 amide bonds. The molecule has 1 unspecified atom stereocenters. The molecule has 1 fully saturated rings. The quantitative estimate of drug-likeness (QED) is 0.297. The van der Waals surface area contributed by atoms with E-state index in [-0.39, 0.29) is 22.1 Å². The number of rotatable bonds is 7. The summed E-state index contributed by atoms with van der Waals surface area (Å²) >= 11 is 5.88. The van der Waals surface area contributed by atoms with E-state index in [2.05, 4.69) is 42.8 Å². The molecule has 5 aromatic rings. The van der Waals surface area contributed by atoms with Gasteiger partial charge in [-0.25, -0.2) is 24.3 Å². The van der Waals surface area contributed by atoms with Crippen LogP contribution in [0.2, 0.25) is 5.02 Å². The first-order chi connectivity index (χ1) is 17.8. The van der Waals surface area contributed by atoms with Gasteiger partial charge >= 0.3 is 0 Å². The van der Waals surface area contributed by atoms with Crippen LogP contribution in [-0.4, -0.2) is 39.8 Å². The van der Waals surface area contributed by atoms with Gasteiger partial charge in [0.2, 0.25) is 0 Å². The molecule has 0 aliphatic heterocycles. The van der Waals surface area contributed by atoms with Gasteiger partial charge in [-0.3, -0.25) is 4.79 Å². The van der Waals surface area contributed by atoms with Crippen LogP contribution in [0.1, 0.15) is 42.6 Å². The lowest BCUT2D eigenvalue weighted by Crippen LogP contribution is -2.38. The van der Waals surface area contributed by atoms with E-state index in [1.54, 1.807) is 0 Å². The molecule has 5 aromatic heterocycles. The van der Waals surface area contributed by atoms with Gasteiger partial charge in [0.05, 0.1) is 23.6 Å². The summed E-state index contributed by atoms with van der Waals surface area (Å²) in [6.45, 7) is 1.63. The summed E-state index contributed by atoms with van der Waals surface area (Å²) in [4.78, 5) is 29.9. The summed E-state index contributed by atoms with van der Waals surface area (Å²) in [6, 6.07) is 7.03. The normalized spacial score (nSPS) is 15.1. The highest BCUT2D eigenvalue weighted by Crippen LogP contribution is 2.39. The summed E-state index contributed by atoms with van der Waals surface area (Å²) in [5.41, 5.74) is 0.583. The standard InChI is InChI=1S/C25H22ClFN8O2/c1-25(37,23-22-21(27)17(26)6-7-34(22)13-31-23)24(36)33-19-8-18(29-12-30-19)28-9-16-11-35-10-15(14-2-3-14)4-5-20(35)32-16/h4-8,10-14,37H,2-3,9H2,1H3,(H2,28,29,30,33,36). The monoisotopic (exact) mass is 520 g/mol. The lowest BCUT2D eigenvalue weighted by atomic mass is 10.00. The Morgan fingerprint density at radius 3 is 2.81 bits per heavy atom. The molecule has 1 aliphatic carbocycles. The lowest BCUT2D eigenvalue weighted by molar-refractivity contribution is -0.133. The molecule has 5 heterocycles. The van der Waals surface area contributed by atoms with E-state index in [0.717, 1.165) is 11.3 Å². The zero-order valence-electron chi connectivity index (χ0n) is 19.7. The van der Waals surface area contributed by atoms with E-state index >= 15 is 0 Å². The average Bonchev–Trinajstić information content (AvgIpc) is 3.50. The second-order valence-corrected chi connectivity index (χ2v) is 9.64. The Morgan fingerprint density at radius 1 is 1.19 bits per heavy atom. The fourth-order valence-electron chi connectivity index (χ4n) is 4.23. The summed E-state index contributed by atoms with van der Waals surface area (Å²) in [7, 11) is 0. The first-order valence-electron chi connectivity index (χ1n) is 11.7. The summed E-state index contributed by atoms with van der Waals surface area (Å²) in [5.74, 6) is -0.370. The number of carbonyl (C=O) groups excluding carboxylic acids is 1. The van der Waals surface area contributed by atoms with Gasteiger partial charge in [0.1, 0.15) is 34.8 Å². The molecule has 188 valence electrons. The van der Waals surface area contributed by atoms with Crippen LogP contribution in [0.15, 0.2) is 55.5 Å². The van der Waals surface area contributed by atoms with Crippen molar-refractivity contribution in [2.24, 2.45) is 0 Å². The number of nitrogens with one attached hydrogen (secondary N) is 2. The van der Waals surface area contributed by atoms with Gasteiger partial charge in [-0.05, 0) is 43.4 Å². The molecule has 0 saturated heterocycles. The summed E-state index contributed by atoms with van der Waals surface area (Å²) in [6.07, 6.45) is 10.6. The highest BCUT2D eigenvalue weighted by molar-refractivity contribution is 6.31. The van der Waals surface area contributed by atoms with Crippen molar-refractivity contribution < 1.29 is 14.3 Å². The van der Waals surface area contributed by atoms with Gasteiger partial charge in [-0.2, -0.15) is 0 Å². The van der Waals surface area contributed by atoms with Crippen molar-refractivity contribution in [1.82, 2.24) is 28.7 Å². The Morgan fingerprint density at radius 2 is 2.00 bits per heavy atom. The number of aromatic nitrogens is 6. The maximum absolute atomic E-state index is 14.6. The van der Waals surface area contributed by atoms with Crippen molar-refractivity contribution in [1.29, 1.82) is 0 Å². The predicted octanol–water partition coefficient (Wildman–Crippen LogP) is 3.90. The highest BCUT2D eigenvalue weighted by Gasteiger charge is 2.38. The number of imidazole rings is 2. The zero-order chi connectivity index (χ0) is 25.7. The Labute approximate surface area is 215 Å². The fourth-order valence-corrected chi connectivity index (χ4v) is 4.38. The Balaban J connectivity index is 1.16. The molecular formula is C25H22ClFN8O2. The number of hydrogen-bond donors (Lipinski definition) is 3. The van der Waals surface area contributed by atoms with Crippen molar-refractivity contribution in [2.45, 2.75) is 37.8 Å². The van der Waals surface area contributed by atoms with Gasteiger partial charge in [-0.1, -0.05) is 17.7 Å². The highest BCUT2D eigenvalue weighted by atomic mass is 35.5. The fraction of sp³-hybridized carbons (Fsp3) is 0.240. The number of amides is 1. The molecule has 37 heavy (non-hydrogen) atoms. The molecular weight excluding hydrogens is 499 g/mol. The van der Waals surface area contributed by atoms with Crippen LogP contribution in [0.25, 0.3) is 11.2 Å². The van der Waals surface area contributed by atoms with Crippen LogP contribution in [0.5, 0.6) is 0 Å². The lowest BCUT2D eigenvalue weighted by Gasteiger charge is -2.21. The third kappa shape index (κ3) is 4.36. The van der Waals surface area contributed by atoms with Crippen molar-refractivity contribution in [3.63, 3.8) is 0 Å². The molecule has 3 N–H and O–H groups in total. The SMILES string of the molecule is CC(O)(C(=O)Nc1cc(NCc2cn3cc(C4CC4)ccc3n2)ncn1)c1ncn2ccc(Cl)c(F)c12. The molecule has 0 bridgehead atoms. The second kappa shape index (κ2) is 8.79. The first kappa shape index (κ1) is 23.3. The summed E-state index contributed by atoms with van der Waals surface area (Å²) in [5, 5.41) is 16.6. The third-order valence-corrected chi connectivity index (χ3v) is 6.72. The van der Waals surface area contributed by atoms with Crippen molar-refractivity contribution in [2.75, 3.05) is 10.6 Å². The van der Waals surface area contributed by atoms with E-state index in [1.807, 2.05) is 16.7 Å². The van der Waals surface area contributed by atoms with Crippen LogP contribution in [-0.2, 0) is 16.9 Å². The Kier molecular flexibility index (Phi) is 5.54. The minimum absolute atomic E-state index is 0.0885. The number of halogens is 2. The Bertz CT molecular complexity index is 1660. The zero-order valence-corrected chi connectivity index (χ0v) is 20.4. The number of fused-ring (bicyclic) bond motifs is 2. The molecule has 0 radical (unpaired) electrons. The number of pyridine rings is 2. The average molecular weight is 521 g/mol. The number of anilines is 2. The number of carbonyl (C=O) groups is 1. The van der Waals surface area contributed by atoms with Crippen molar-refractivity contribution >= 4 is 40.3 Å². The molecule has 6 rings (SSSR count). The molecule has 12 heteroatoms. The van der Waals surface area contributed by atoms with Crippen LogP contribution < -0.4 is 10.6 Å². The largest absolute Gasteiger partial charge is 0.374 e. The van der Waals surface area contributed by atoms with E-state index in [0.29, 0.717) is 18.3 Å². The van der Waals surface area contributed by atoms with Gasteiger partial charge < -0.3 is 24.5 Å². The number of nitrogens with zero attached hydrogens (tertiary/aromatic N) is 6. The first-order valence-corrected chi connectivity index (χ1v) is 12.1. The van der Waals surface area contributed by atoms with Gasteiger partial charge in [0.15, 0.2) is 11.4 Å². The third-order valence-electron chi connectivity index (χ3n) is 6.43. The minimum atomic E-state index is -2.17. The van der Waals surface area contributed by atoms with Crippen LogP contribution in [0, 0.1) is 5.82 Å².